The van der Waals surface area contributed by atoms with Gasteiger partial charge in [-0.25, -0.2) is 4.39 Å². The maximum Gasteiger partial charge on any atom is 0.157 e. The first-order valence-corrected chi connectivity index (χ1v) is 4.18. The van der Waals surface area contributed by atoms with Gasteiger partial charge in [0.25, 0.3) is 0 Å². The second-order valence-electron chi connectivity index (χ2n) is 4.07. The minimum atomic E-state index is -1.44. The molecule has 0 aromatic heterocycles. The lowest BCUT2D eigenvalue weighted by Gasteiger charge is -2.44. The summed E-state index contributed by atoms with van der Waals surface area (Å²) < 4.78 is 19.0. The molecule has 0 aliphatic carbocycles. The average Bonchev–Trinajstić information content (AvgIpc) is 2.22. The van der Waals surface area contributed by atoms with Crippen LogP contribution in [0.2, 0.25) is 0 Å². The fourth-order valence-corrected chi connectivity index (χ4v) is 2.23. The summed E-state index contributed by atoms with van der Waals surface area (Å²) in [5, 5.41) is 8.99. The van der Waals surface area contributed by atoms with Gasteiger partial charge in [-0.05, 0) is 7.05 Å². The highest BCUT2D eigenvalue weighted by molar-refractivity contribution is 5.10. The number of halogens is 1. The highest BCUT2D eigenvalue weighted by atomic mass is 19.1. The summed E-state index contributed by atoms with van der Waals surface area (Å²) >= 11 is 0. The molecule has 0 aromatic rings. The zero-order valence-corrected chi connectivity index (χ0v) is 7.22. The number of ether oxygens (including phenoxy) is 1. The summed E-state index contributed by atoms with van der Waals surface area (Å²) in [7, 11) is 1.87. The highest BCUT2D eigenvalue weighted by Crippen LogP contribution is 2.46. The van der Waals surface area contributed by atoms with Gasteiger partial charge in [0.15, 0.2) is 5.67 Å². The third kappa shape index (κ3) is 0.857. The fourth-order valence-electron chi connectivity index (χ4n) is 2.23. The molecule has 2 rings (SSSR count). The lowest BCUT2D eigenvalue weighted by atomic mass is 9.74. The van der Waals surface area contributed by atoms with Crippen LogP contribution in [0.4, 0.5) is 4.39 Å². The van der Waals surface area contributed by atoms with Crippen molar-refractivity contribution in [2.24, 2.45) is 5.41 Å². The molecular weight excluding hydrogens is 161 g/mol. The Labute approximate surface area is 71.1 Å². The first-order chi connectivity index (χ1) is 5.62. The average molecular weight is 175 g/mol. The van der Waals surface area contributed by atoms with Crippen molar-refractivity contribution in [2.75, 3.05) is 40.0 Å². The first-order valence-electron chi connectivity index (χ1n) is 4.18. The maximum absolute atomic E-state index is 14.0. The van der Waals surface area contributed by atoms with Crippen LogP contribution in [0, 0.1) is 5.41 Å². The van der Waals surface area contributed by atoms with Crippen LogP contribution in [0.5, 0.6) is 0 Å². The molecule has 2 saturated heterocycles. The van der Waals surface area contributed by atoms with Gasteiger partial charge in [-0.1, -0.05) is 0 Å². The van der Waals surface area contributed by atoms with Gasteiger partial charge in [-0.2, -0.15) is 0 Å². The molecule has 4 heteroatoms. The summed E-state index contributed by atoms with van der Waals surface area (Å²) in [6.07, 6.45) is 0. The van der Waals surface area contributed by atoms with Crippen LogP contribution < -0.4 is 0 Å². The number of hydrogen-bond donors (Lipinski definition) is 1. The van der Waals surface area contributed by atoms with E-state index >= 15 is 0 Å². The van der Waals surface area contributed by atoms with Crippen molar-refractivity contribution in [3.05, 3.63) is 0 Å². The van der Waals surface area contributed by atoms with Gasteiger partial charge in [0, 0.05) is 13.1 Å². The second kappa shape index (κ2) is 2.40. The summed E-state index contributed by atoms with van der Waals surface area (Å²) in [6, 6.07) is 0. The number of rotatable bonds is 1. The minimum Gasteiger partial charge on any atom is -0.393 e. The molecule has 0 saturated carbocycles. The standard InChI is InChI=1S/C8H14FNO2/c1-10-2-7(5-12-6-7)8(9,3-10)4-11/h11H,2-6H2,1H3. The van der Waals surface area contributed by atoms with Crippen LogP contribution in [0.3, 0.4) is 0 Å². The maximum atomic E-state index is 14.0. The Morgan fingerprint density at radius 3 is 2.50 bits per heavy atom. The van der Waals surface area contributed by atoms with Crippen molar-refractivity contribution in [2.45, 2.75) is 5.67 Å². The van der Waals surface area contributed by atoms with Crippen molar-refractivity contribution in [3.8, 4) is 0 Å². The van der Waals surface area contributed by atoms with Crippen molar-refractivity contribution in [3.63, 3.8) is 0 Å². The minimum absolute atomic E-state index is 0.326. The largest absolute Gasteiger partial charge is 0.393 e. The van der Waals surface area contributed by atoms with Gasteiger partial charge in [0.1, 0.15) is 0 Å². The number of hydrogen-bond acceptors (Lipinski definition) is 3. The summed E-state index contributed by atoms with van der Waals surface area (Å²) in [5.74, 6) is 0. The van der Waals surface area contributed by atoms with Crippen molar-refractivity contribution in [1.29, 1.82) is 0 Å². The van der Waals surface area contributed by atoms with Gasteiger partial charge in [0.05, 0.1) is 25.2 Å². The van der Waals surface area contributed by atoms with E-state index in [1.54, 1.807) is 0 Å². The normalized spacial score (nSPS) is 40.2. The quantitative estimate of drug-likeness (QED) is 0.591. The Kier molecular flexibility index (Phi) is 1.68. The topological polar surface area (TPSA) is 32.7 Å². The molecule has 1 N–H and O–H groups in total. The van der Waals surface area contributed by atoms with Crippen molar-refractivity contribution < 1.29 is 14.2 Å². The molecule has 1 unspecified atom stereocenters. The first kappa shape index (κ1) is 8.41. The molecule has 12 heavy (non-hydrogen) atoms. The van der Waals surface area contributed by atoms with Crippen LogP contribution in [0.15, 0.2) is 0 Å². The van der Waals surface area contributed by atoms with E-state index in [2.05, 4.69) is 0 Å². The van der Waals surface area contributed by atoms with Crippen LogP contribution in [0.25, 0.3) is 0 Å². The summed E-state index contributed by atoms with van der Waals surface area (Å²) in [6.45, 7) is 1.54. The van der Waals surface area contributed by atoms with Crippen LogP contribution >= 0.6 is 0 Å². The fraction of sp³-hybridized carbons (Fsp3) is 1.00. The summed E-state index contributed by atoms with van der Waals surface area (Å²) in [5.41, 5.74) is -1.86. The van der Waals surface area contributed by atoms with E-state index in [4.69, 9.17) is 9.84 Å². The molecule has 1 spiro atoms. The number of aliphatic hydroxyl groups is 1. The molecule has 2 heterocycles. The lowest BCUT2D eigenvalue weighted by molar-refractivity contribution is -0.178. The molecule has 0 aromatic carbocycles. The molecule has 0 bridgehead atoms. The van der Waals surface area contributed by atoms with Crippen molar-refractivity contribution in [1.82, 2.24) is 4.90 Å². The van der Waals surface area contributed by atoms with Crippen LogP contribution in [0.1, 0.15) is 0 Å². The van der Waals surface area contributed by atoms with E-state index in [0.717, 1.165) is 0 Å². The van der Waals surface area contributed by atoms with Crippen LogP contribution in [-0.2, 0) is 4.74 Å². The molecule has 0 amide bonds. The van der Waals surface area contributed by atoms with E-state index in [1.807, 2.05) is 11.9 Å². The lowest BCUT2D eigenvalue weighted by Crippen LogP contribution is -2.58. The van der Waals surface area contributed by atoms with Gasteiger partial charge >= 0.3 is 0 Å². The Hall–Kier alpha value is -0.190. The number of alkyl halides is 1. The monoisotopic (exact) mass is 175 g/mol. The Balaban J connectivity index is 2.21. The third-order valence-electron chi connectivity index (χ3n) is 3.05. The van der Waals surface area contributed by atoms with Gasteiger partial charge in [0.2, 0.25) is 0 Å². The number of likely N-dealkylation sites (tertiary alicyclic amines) is 1. The van der Waals surface area contributed by atoms with Gasteiger partial charge in [-0.3, -0.25) is 0 Å². The van der Waals surface area contributed by atoms with Gasteiger partial charge < -0.3 is 14.7 Å². The smallest absolute Gasteiger partial charge is 0.157 e. The molecule has 1 atom stereocenters. The molecule has 2 fully saturated rings. The van der Waals surface area contributed by atoms with E-state index in [1.165, 1.54) is 0 Å². The molecule has 2 aliphatic heterocycles. The zero-order chi connectivity index (χ0) is 8.82. The Bertz CT molecular complexity index is 184. The van der Waals surface area contributed by atoms with Crippen molar-refractivity contribution >= 4 is 0 Å². The highest BCUT2D eigenvalue weighted by Gasteiger charge is 2.61. The molecule has 3 nitrogen and oxygen atoms in total. The third-order valence-corrected chi connectivity index (χ3v) is 3.05. The van der Waals surface area contributed by atoms with Crippen LogP contribution in [-0.4, -0.2) is 55.6 Å². The van der Waals surface area contributed by atoms with E-state index < -0.39 is 11.1 Å². The van der Waals surface area contributed by atoms with E-state index in [9.17, 15) is 4.39 Å². The molecular formula is C8H14FNO2. The Morgan fingerprint density at radius 1 is 1.50 bits per heavy atom. The van der Waals surface area contributed by atoms with E-state index in [0.29, 0.717) is 26.3 Å². The second-order valence-corrected chi connectivity index (χ2v) is 4.07. The molecule has 70 valence electrons. The number of aliphatic hydroxyl groups excluding tert-OH is 1. The van der Waals surface area contributed by atoms with Gasteiger partial charge in [-0.15, -0.1) is 0 Å². The number of nitrogens with zero attached hydrogens (tertiary/aromatic N) is 1. The zero-order valence-electron chi connectivity index (χ0n) is 7.22. The molecule has 2 aliphatic rings. The summed E-state index contributed by atoms with van der Waals surface area (Å²) in [4.78, 5) is 1.92. The predicted octanol–water partition coefficient (Wildman–Crippen LogP) is -0.351. The SMILES string of the molecule is CN1CC(F)(CO)C2(COC2)C1. The predicted molar refractivity (Wildman–Crippen MR) is 41.7 cm³/mol. The molecule has 0 radical (unpaired) electrons. The van der Waals surface area contributed by atoms with E-state index in [-0.39, 0.29) is 6.61 Å². The Morgan fingerprint density at radius 2 is 2.17 bits per heavy atom.